The summed E-state index contributed by atoms with van der Waals surface area (Å²) in [6, 6.07) is 7.53. The van der Waals surface area contributed by atoms with Crippen molar-refractivity contribution < 1.29 is 18.9 Å². The van der Waals surface area contributed by atoms with Gasteiger partial charge in [0.2, 0.25) is 5.95 Å². The molecule has 142 valence electrons. The summed E-state index contributed by atoms with van der Waals surface area (Å²) in [5.41, 5.74) is 5.42. The van der Waals surface area contributed by atoms with Crippen LogP contribution in [-0.2, 0) is 0 Å². The number of halogens is 1. The van der Waals surface area contributed by atoms with E-state index in [4.69, 9.17) is 5.73 Å². The van der Waals surface area contributed by atoms with E-state index in [1.165, 1.54) is 36.5 Å². The van der Waals surface area contributed by atoms with Crippen LogP contribution in [0.4, 0.5) is 25.9 Å². The van der Waals surface area contributed by atoms with Crippen LogP contribution in [0, 0.1) is 16.1 Å². The number of carbonyl (C=O) groups is 2. The van der Waals surface area contributed by atoms with Gasteiger partial charge in [0.1, 0.15) is 5.00 Å². The molecule has 0 saturated heterocycles. The number of hydrogen-bond donors (Lipinski definition) is 3. The van der Waals surface area contributed by atoms with E-state index in [-0.39, 0.29) is 27.1 Å². The second-order valence-corrected chi connectivity index (χ2v) is 6.31. The normalized spacial score (nSPS) is 10.3. The first-order chi connectivity index (χ1) is 13.3. The Kier molecular flexibility index (Phi) is 5.22. The summed E-state index contributed by atoms with van der Waals surface area (Å²) in [7, 11) is 0. The van der Waals surface area contributed by atoms with Gasteiger partial charge in [-0.3, -0.25) is 19.7 Å². The van der Waals surface area contributed by atoms with Crippen molar-refractivity contribution in [2.45, 2.75) is 0 Å². The first-order valence-electron chi connectivity index (χ1n) is 7.58. The minimum Gasteiger partial charge on any atom is -0.364 e. The highest BCUT2D eigenvalue weighted by Crippen LogP contribution is 2.31. The van der Waals surface area contributed by atoms with Crippen LogP contribution in [-0.4, -0.2) is 26.7 Å². The molecule has 10 nitrogen and oxygen atoms in total. The topological polar surface area (TPSA) is 153 Å². The van der Waals surface area contributed by atoms with Crippen molar-refractivity contribution in [3.8, 4) is 0 Å². The Morgan fingerprint density at radius 3 is 2.54 bits per heavy atom. The molecule has 2 amide bonds. The minimum atomic E-state index is -0.871. The summed E-state index contributed by atoms with van der Waals surface area (Å²) in [6.45, 7) is 0. The highest BCUT2D eigenvalue weighted by Gasteiger charge is 2.19. The maximum atomic E-state index is 13.2. The van der Waals surface area contributed by atoms with Crippen molar-refractivity contribution in [1.82, 2.24) is 9.97 Å². The summed E-state index contributed by atoms with van der Waals surface area (Å²) in [4.78, 5) is 41.5. The van der Waals surface area contributed by atoms with Crippen LogP contribution in [0.2, 0.25) is 0 Å². The molecule has 0 fully saturated rings. The van der Waals surface area contributed by atoms with Gasteiger partial charge in [-0.25, -0.2) is 9.97 Å². The monoisotopic (exact) mass is 402 g/mol. The van der Waals surface area contributed by atoms with Gasteiger partial charge in [0.05, 0.1) is 4.92 Å². The zero-order valence-corrected chi connectivity index (χ0v) is 14.7. The summed E-state index contributed by atoms with van der Waals surface area (Å²) < 4.78 is 13.2. The Morgan fingerprint density at radius 1 is 1.21 bits per heavy atom. The fourth-order valence-electron chi connectivity index (χ4n) is 2.14. The molecule has 0 radical (unpaired) electrons. The lowest BCUT2D eigenvalue weighted by Crippen LogP contribution is -2.17. The lowest BCUT2D eigenvalue weighted by Gasteiger charge is -2.03. The van der Waals surface area contributed by atoms with E-state index in [1.54, 1.807) is 0 Å². The summed E-state index contributed by atoms with van der Waals surface area (Å²) >= 11 is 0.913. The SMILES string of the molecule is NC(=O)c1nc(Nc2ccnc(F)c2)sc1NC(=O)c1ccc([N+](=O)[O-])cc1. The van der Waals surface area contributed by atoms with Crippen LogP contribution in [0.1, 0.15) is 20.8 Å². The molecule has 4 N–H and O–H groups in total. The number of rotatable bonds is 6. The number of nitrogens with two attached hydrogens (primary N) is 1. The minimum absolute atomic E-state index is 0.0767. The molecule has 0 aliphatic carbocycles. The van der Waals surface area contributed by atoms with E-state index in [9.17, 15) is 24.1 Å². The van der Waals surface area contributed by atoms with Gasteiger partial charge in [-0.05, 0) is 18.2 Å². The number of carbonyl (C=O) groups excluding carboxylic acids is 2. The van der Waals surface area contributed by atoms with Gasteiger partial charge >= 0.3 is 0 Å². The number of hydrogen-bond acceptors (Lipinski definition) is 8. The van der Waals surface area contributed by atoms with Crippen molar-refractivity contribution in [3.63, 3.8) is 0 Å². The van der Waals surface area contributed by atoms with E-state index in [2.05, 4.69) is 20.6 Å². The molecule has 0 atom stereocenters. The van der Waals surface area contributed by atoms with E-state index < -0.39 is 22.7 Å². The van der Waals surface area contributed by atoms with Gasteiger partial charge in [0, 0.05) is 35.6 Å². The smallest absolute Gasteiger partial charge is 0.270 e. The Morgan fingerprint density at radius 2 is 1.93 bits per heavy atom. The van der Waals surface area contributed by atoms with Crippen LogP contribution >= 0.6 is 11.3 Å². The van der Waals surface area contributed by atoms with E-state index in [1.807, 2.05) is 0 Å². The number of nitro groups is 1. The molecule has 0 aliphatic heterocycles. The lowest BCUT2D eigenvalue weighted by atomic mass is 10.2. The molecular formula is C16H11FN6O4S. The number of pyridine rings is 1. The van der Waals surface area contributed by atoms with Crippen LogP contribution < -0.4 is 16.4 Å². The predicted octanol–water partition coefficient (Wildman–Crippen LogP) is 2.68. The number of amides is 2. The maximum absolute atomic E-state index is 13.2. The molecule has 3 rings (SSSR count). The average Bonchev–Trinajstić information content (AvgIpc) is 3.04. The van der Waals surface area contributed by atoms with E-state index in [0.29, 0.717) is 5.69 Å². The standard InChI is InChI=1S/C16H11FN6O4S/c17-11-7-9(5-6-19-11)20-16-21-12(13(18)24)15(28-16)22-14(25)8-1-3-10(4-2-8)23(26)27/h1-7H,(H2,18,24)(H,22,25)(H,19,20,21). The molecule has 0 aliphatic rings. The van der Waals surface area contributed by atoms with Crippen molar-refractivity contribution in [1.29, 1.82) is 0 Å². The van der Waals surface area contributed by atoms with Gasteiger partial charge in [-0.15, -0.1) is 0 Å². The Labute approximate surface area is 160 Å². The number of nitrogens with one attached hydrogen (secondary N) is 2. The number of aromatic nitrogens is 2. The first kappa shape index (κ1) is 18.8. The van der Waals surface area contributed by atoms with Crippen molar-refractivity contribution in [3.05, 3.63) is 69.9 Å². The molecule has 2 aromatic heterocycles. The summed E-state index contributed by atoms with van der Waals surface area (Å²) in [6.07, 6.45) is 1.25. The van der Waals surface area contributed by atoms with Gasteiger partial charge in [-0.2, -0.15) is 4.39 Å². The largest absolute Gasteiger partial charge is 0.364 e. The third-order valence-electron chi connectivity index (χ3n) is 3.41. The molecule has 0 bridgehead atoms. The molecular weight excluding hydrogens is 391 g/mol. The zero-order valence-electron chi connectivity index (χ0n) is 13.9. The Hall–Kier alpha value is -3.93. The molecule has 12 heteroatoms. The number of nitro benzene ring substituents is 1. The van der Waals surface area contributed by atoms with Crippen LogP contribution in [0.15, 0.2) is 42.6 Å². The highest BCUT2D eigenvalue weighted by molar-refractivity contribution is 7.20. The molecule has 3 aromatic rings. The van der Waals surface area contributed by atoms with E-state index in [0.717, 1.165) is 17.4 Å². The maximum Gasteiger partial charge on any atom is 0.270 e. The van der Waals surface area contributed by atoms with Gasteiger partial charge < -0.3 is 16.4 Å². The number of primary amides is 1. The van der Waals surface area contributed by atoms with Crippen molar-refractivity contribution >= 4 is 44.7 Å². The lowest BCUT2D eigenvalue weighted by molar-refractivity contribution is -0.384. The molecule has 2 heterocycles. The van der Waals surface area contributed by atoms with Gasteiger partial charge in [0.25, 0.3) is 17.5 Å². The third-order valence-corrected chi connectivity index (χ3v) is 4.29. The summed E-state index contributed by atoms with van der Waals surface area (Å²) in [5.74, 6) is -2.19. The fraction of sp³-hybridized carbons (Fsp3) is 0. The molecule has 0 unspecified atom stereocenters. The quantitative estimate of drug-likeness (QED) is 0.325. The predicted molar refractivity (Wildman–Crippen MR) is 99.2 cm³/mol. The van der Waals surface area contributed by atoms with Crippen molar-refractivity contribution in [2.24, 2.45) is 5.73 Å². The second kappa shape index (κ2) is 7.75. The Balaban J connectivity index is 1.82. The second-order valence-electron chi connectivity index (χ2n) is 5.31. The van der Waals surface area contributed by atoms with Crippen LogP contribution in [0.25, 0.3) is 0 Å². The third kappa shape index (κ3) is 4.24. The van der Waals surface area contributed by atoms with Crippen molar-refractivity contribution in [2.75, 3.05) is 10.6 Å². The average molecular weight is 402 g/mol. The number of thiazole rings is 1. The van der Waals surface area contributed by atoms with Gasteiger partial charge in [-0.1, -0.05) is 11.3 Å². The highest BCUT2D eigenvalue weighted by atomic mass is 32.1. The number of anilines is 3. The number of non-ortho nitro benzene ring substituents is 1. The molecule has 0 spiro atoms. The first-order valence-corrected chi connectivity index (χ1v) is 8.40. The van der Waals surface area contributed by atoms with E-state index >= 15 is 0 Å². The number of nitrogens with zero attached hydrogens (tertiary/aromatic N) is 3. The van der Waals surface area contributed by atoms with Crippen LogP contribution in [0.5, 0.6) is 0 Å². The summed E-state index contributed by atoms with van der Waals surface area (Å²) in [5, 5.41) is 16.2. The van der Waals surface area contributed by atoms with Gasteiger partial charge in [0.15, 0.2) is 10.8 Å². The number of benzene rings is 1. The molecule has 1 aromatic carbocycles. The fourth-order valence-corrected chi connectivity index (χ4v) is 3.02. The Bertz CT molecular complexity index is 1070. The molecule has 28 heavy (non-hydrogen) atoms. The van der Waals surface area contributed by atoms with Crippen LogP contribution in [0.3, 0.4) is 0 Å². The zero-order chi connectivity index (χ0) is 20.3. The molecule has 0 saturated carbocycles.